The quantitative estimate of drug-likeness (QED) is 0.777. The van der Waals surface area contributed by atoms with Crippen LogP contribution < -0.4 is 5.73 Å². The van der Waals surface area contributed by atoms with Crippen molar-refractivity contribution in [2.75, 3.05) is 0 Å². The van der Waals surface area contributed by atoms with Crippen LogP contribution in [-0.4, -0.2) is 10.1 Å². The summed E-state index contributed by atoms with van der Waals surface area (Å²) in [6.45, 7) is 2.31. The molecule has 4 nitrogen and oxygen atoms in total. The standard InChI is InChI=1S/C10H11N3O/c1-7-9(5-11)10(14-13-7)8-3-2-4-12-6-8/h2-4,6H,5,11H2,1H3. The number of pyridine rings is 1. The van der Waals surface area contributed by atoms with E-state index in [9.17, 15) is 0 Å². The molecule has 14 heavy (non-hydrogen) atoms. The second kappa shape index (κ2) is 3.59. The summed E-state index contributed by atoms with van der Waals surface area (Å²) in [4.78, 5) is 4.02. The highest BCUT2D eigenvalue weighted by molar-refractivity contribution is 5.60. The lowest BCUT2D eigenvalue weighted by Crippen LogP contribution is -1.98. The summed E-state index contributed by atoms with van der Waals surface area (Å²) >= 11 is 0. The van der Waals surface area contributed by atoms with Crippen molar-refractivity contribution in [1.29, 1.82) is 0 Å². The maximum atomic E-state index is 5.61. The normalized spacial score (nSPS) is 10.4. The van der Waals surface area contributed by atoms with E-state index in [-0.39, 0.29) is 0 Å². The van der Waals surface area contributed by atoms with Crippen LogP contribution in [0.1, 0.15) is 11.3 Å². The van der Waals surface area contributed by atoms with Gasteiger partial charge in [-0.2, -0.15) is 0 Å². The highest BCUT2D eigenvalue weighted by Gasteiger charge is 2.12. The van der Waals surface area contributed by atoms with Crippen molar-refractivity contribution in [2.24, 2.45) is 5.73 Å². The van der Waals surface area contributed by atoms with Gasteiger partial charge in [-0.05, 0) is 19.1 Å². The minimum Gasteiger partial charge on any atom is -0.356 e. The van der Waals surface area contributed by atoms with Crippen LogP contribution in [0, 0.1) is 6.92 Å². The van der Waals surface area contributed by atoms with Gasteiger partial charge in [-0.15, -0.1) is 0 Å². The highest BCUT2D eigenvalue weighted by atomic mass is 16.5. The zero-order chi connectivity index (χ0) is 9.97. The maximum absolute atomic E-state index is 5.61. The molecule has 2 aromatic rings. The molecule has 0 saturated carbocycles. The molecule has 0 saturated heterocycles. The van der Waals surface area contributed by atoms with E-state index < -0.39 is 0 Å². The Morgan fingerprint density at radius 3 is 3.00 bits per heavy atom. The van der Waals surface area contributed by atoms with Crippen LogP contribution in [0.4, 0.5) is 0 Å². The number of hydrogen-bond donors (Lipinski definition) is 1. The lowest BCUT2D eigenvalue weighted by atomic mass is 10.1. The zero-order valence-electron chi connectivity index (χ0n) is 7.90. The Morgan fingerprint density at radius 2 is 2.36 bits per heavy atom. The number of aromatic nitrogens is 2. The van der Waals surface area contributed by atoms with Gasteiger partial charge in [-0.3, -0.25) is 4.98 Å². The molecule has 2 rings (SSSR count). The van der Waals surface area contributed by atoms with Crippen LogP contribution in [-0.2, 0) is 6.54 Å². The van der Waals surface area contributed by atoms with Gasteiger partial charge in [0.25, 0.3) is 0 Å². The van der Waals surface area contributed by atoms with Crippen molar-refractivity contribution >= 4 is 0 Å². The summed E-state index contributed by atoms with van der Waals surface area (Å²) < 4.78 is 5.20. The van der Waals surface area contributed by atoms with Crippen molar-refractivity contribution in [2.45, 2.75) is 13.5 Å². The molecule has 0 fully saturated rings. The number of aryl methyl sites for hydroxylation is 1. The lowest BCUT2D eigenvalue weighted by Gasteiger charge is -1.97. The molecule has 0 aliphatic carbocycles. The molecule has 0 radical (unpaired) electrons. The average molecular weight is 189 g/mol. The number of hydrogen-bond acceptors (Lipinski definition) is 4. The number of nitrogens with zero attached hydrogens (tertiary/aromatic N) is 2. The van der Waals surface area contributed by atoms with E-state index in [0.29, 0.717) is 6.54 Å². The van der Waals surface area contributed by atoms with Crippen LogP contribution in [0.25, 0.3) is 11.3 Å². The van der Waals surface area contributed by atoms with Crippen molar-refractivity contribution in [3.63, 3.8) is 0 Å². The molecular weight excluding hydrogens is 178 g/mol. The van der Waals surface area contributed by atoms with Crippen molar-refractivity contribution in [3.05, 3.63) is 35.8 Å². The van der Waals surface area contributed by atoms with Gasteiger partial charge in [-0.1, -0.05) is 5.16 Å². The molecule has 0 amide bonds. The van der Waals surface area contributed by atoms with E-state index in [1.54, 1.807) is 12.4 Å². The Kier molecular flexibility index (Phi) is 2.28. The lowest BCUT2D eigenvalue weighted by molar-refractivity contribution is 0.426. The van der Waals surface area contributed by atoms with Gasteiger partial charge in [0, 0.05) is 30.1 Å². The third kappa shape index (κ3) is 1.40. The summed E-state index contributed by atoms with van der Waals surface area (Å²) in [6, 6.07) is 3.78. The molecule has 0 bridgehead atoms. The first-order valence-corrected chi connectivity index (χ1v) is 4.38. The first-order valence-electron chi connectivity index (χ1n) is 4.38. The van der Waals surface area contributed by atoms with Gasteiger partial charge >= 0.3 is 0 Å². The molecule has 72 valence electrons. The van der Waals surface area contributed by atoms with Crippen LogP contribution >= 0.6 is 0 Å². The maximum Gasteiger partial charge on any atom is 0.173 e. The Balaban J connectivity index is 2.52. The van der Waals surface area contributed by atoms with Gasteiger partial charge in [0.05, 0.1) is 5.69 Å². The van der Waals surface area contributed by atoms with E-state index in [1.165, 1.54) is 0 Å². The van der Waals surface area contributed by atoms with Crippen LogP contribution in [0.3, 0.4) is 0 Å². The summed E-state index contributed by atoms with van der Waals surface area (Å²) in [5.41, 5.74) is 8.31. The topological polar surface area (TPSA) is 64.9 Å². The predicted molar refractivity (Wildman–Crippen MR) is 52.4 cm³/mol. The molecule has 0 aromatic carbocycles. The van der Waals surface area contributed by atoms with Gasteiger partial charge in [0.15, 0.2) is 5.76 Å². The zero-order valence-corrected chi connectivity index (χ0v) is 7.90. The van der Waals surface area contributed by atoms with Crippen molar-refractivity contribution in [1.82, 2.24) is 10.1 Å². The molecule has 2 N–H and O–H groups in total. The van der Waals surface area contributed by atoms with E-state index >= 15 is 0 Å². The van der Waals surface area contributed by atoms with Crippen molar-refractivity contribution < 1.29 is 4.52 Å². The van der Waals surface area contributed by atoms with Crippen LogP contribution in [0.2, 0.25) is 0 Å². The van der Waals surface area contributed by atoms with Crippen LogP contribution in [0.15, 0.2) is 29.0 Å². The van der Waals surface area contributed by atoms with Crippen molar-refractivity contribution in [3.8, 4) is 11.3 Å². The van der Waals surface area contributed by atoms with Gasteiger partial charge < -0.3 is 10.3 Å². The molecule has 2 aromatic heterocycles. The van der Waals surface area contributed by atoms with E-state index in [0.717, 1.165) is 22.6 Å². The fraction of sp³-hybridized carbons (Fsp3) is 0.200. The molecule has 0 aliphatic heterocycles. The first-order chi connectivity index (χ1) is 6.83. The summed E-state index contributed by atoms with van der Waals surface area (Å²) in [7, 11) is 0. The second-order valence-corrected chi connectivity index (χ2v) is 3.02. The van der Waals surface area contributed by atoms with Crippen LogP contribution in [0.5, 0.6) is 0 Å². The third-order valence-corrected chi connectivity index (χ3v) is 2.11. The second-order valence-electron chi connectivity index (χ2n) is 3.02. The predicted octanol–water partition coefficient (Wildman–Crippen LogP) is 1.50. The summed E-state index contributed by atoms with van der Waals surface area (Å²) in [6.07, 6.45) is 3.45. The highest BCUT2D eigenvalue weighted by Crippen LogP contribution is 2.24. The fourth-order valence-electron chi connectivity index (χ4n) is 1.35. The van der Waals surface area contributed by atoms with Gasteiger partial charge in [-0.25, -0.2) is 0 Å². The Hall–Kier alpha value is -1.68. The van der Waals surface area contributed by atoms with E-state index in [2.05, 4.69) is 10.1 Å². The number of nitrogens with two attached hydrogens (primary N) is 1. The molecule has 2 heterocycles. The fourth-order valence-corrected chi connectivity index (χ4v) is 1.35. The SMILES string of the molecule is Cc1noc(-c2cccnc2)c1CN. The van der Waals surface area contributed by atoms with E-state index in [4.69, 9.17) is 10.3 Å². The molecule has 0 aliphatic rings. The molecular formula is C10H11N3O. The molecule has 4 heteroatoms. The van der Waals surface area contributed by atoms with E-state index in [1.807, 2.05) is 19.1 Å². The largest absolute Gasteiger partial charge is 0.356 e. The molecule has 0 atom stereocenters. The summed E-state index contributed by atoms with van der Waals surface area (Å²) in [5, 5.41) is 3.88. The molecule has 0 unspecified atom stereocenters. The first kappa shape index (κ1) is 8.90. The summed E-state index contributed by atoms with van der Waals surface area (Å²) in [5.74, 6) is 0.720. The third-order valence-electron chi connectivity index (χ3n) is 2.11. The average Bonchev–Trinajstić information content (AvgIpc) is 2.61. The Morgan fingerprint density at radius 1 is 1.50 bits per heavy atom. The van der Waals surface area contributed by atoms with Gasteiger partial charge in [0.2, 0.25) is 0 Å². The minimum absolute atomic E-state index is 0.430. The smallest absolute Gasteiger partial charge is 0.173 e. The Labute approximate surface area is 81.7 Å². The molecule has 0 spiro atoms. The minimum atomic E-state index is 0.430. The Bertz CT molecular complexity index is 422. The van der Waals surface area contributed by atoms with Gasteiger partial charge in [0.1, 0.15) is 0 Å². The monoisotopic (exact) mass is 189 g/mol. The number of rotatable bonds is 2.